The number of nitrogens with zero attached hydrogens (tertiary/aromatic N) is 2. The average Bonchev–Trinajstić information content (AvgIpc) is 2.67. The first-order valence-corrected chi connectivity index (χ1v) is 11.2. The fraction of sp³-hybridized carbons (Fsp3) is 0.632. The lowest BCUT2D eigenvalue weighted by atomic mass is 10.0. The molecule has 0 bridgehead atoms. The molecular formula is C19H30FN3O3S. The van der Waals surface area contributed by atoms with Crippen molar-refractivity contribution < 1.29 is 17.6 Å². The quantitative estimate of drug-likeness (QED) is 0.647. The van der Waals surface area contributed by atoms with E-state index < -0.39 is 10.0 Å². The van der Waals surface area contributed by atoms with E-state index in [0.717, 1.165) is 12.8 Å². The number of nitrogens with one attached hydrogen (secondary N) is 1. The van der Waals surface area contributed by atoms with Gasteiger partial charge in [0.15, 0.2) is 0 Å². The van der Waals surface area contributed by atoms with Crippen molar-refractivity contribution in [1.29, 1.82) is 0 Å². The first-order chi connectivity index (χ1) is 12.9. The maximum absolute atomic E-state index is 13.9. The van der Waals surface area contributed by atoms with Crippen molar-refractivity contribution in [3.8, 4) is 0 Å². The Hall–Kier alpha value is -1.67. The van der Waals surface area contributed by atoms with Gasteiger partial charge >= 0.3 is 0 Å². The number of amides is 1. The SMILES string of the molecule is CCC(CC)C(=O)NCCCS(=O)(=O)N1CCN(c2ccccc2F)CC1. The number of halogens is 1. The van der Waals surface area contributed by atoms with E-state index in [4.69, 9.17) is 0 Å². The van der Waals surface area contributed by atoms with Crippen molar-refractivity contribution in [2.24, 2.45) is 5.92 Å². The summed E-state index contributed by atoms with van der Waals surface area (Å²) in [5.74, 6) is -0.290. The molecule has 1 N–H and O–H groups in total. The molecule has 0 atom stereocenters. The predicted octanol–water partition coefficient (Wildman–Crippen LogP) is 2.22. The third-order valence-corrected chi connectivity index (χ3v) is 7.02. The zero-order chi connectivity index (χ0) is 19.9. The first-order valence-electron chi connectivity index (χ1n) is 9.64. The molecule has 1 aliphatic heterocycles. The average molecular weight is 400 g/mol. The normalized spacial score (nSPS) is 15.9. The molecule has 6 nitrogen and oxygen atoms in total. The second kappa shape index (κ2) is 10.0. The van der Waals surface area contributed by atoms with Crippen LogP contribution in [0.1, 0.15) is 33.1 Å². The van der Waals surface area contributed by atoms with Crippen molar-refractivity contribution in [3.63, 3.8) is 0 Å². The molecule has 0 radical (unpaired) electrons. The van der Waals surface area contributed by atoms with Crippen LogP contribution in [0.4, 0.5) is 10.1 Å². The summed E-state index contributed by atoms with van der Waals surface area (Å²) < 4.78 is 40.4. The van der Waals surface area contributed by atoms with Gasteiger partial charge in [0.2, 0.25) is 15.9 Å². The Kier molecular flexibility index (Phi) is 8.04. The van der Waals surface area contributed by atoms with Gasteiger partial charge in [-0.25, -0.2) is 12.8 Å². The molecule has 1 aromatic carbocycles. The third kappa shape index (κ3) is 5.90. The number of hydrogen-bond acceptors (Lipinski definition) is 4. The first kappa shape index (κ1) is 21.6. The molecule has 1 heterocycles. The van der Waals surface area contributed by atoms with E-state index in [1.807, 2.05) is 18.7 Å². The van der Waals surface area contributed by atoms with Crippen LogP contribution in [0.25, 0.3) is 0 Å². The second-order valence-electron chi connectivity index (χ2n) is 6.81. The predicted molar refractivity (Wildman–Crippen MR) is 106 cm³/mol. The number of hydrogen-bond donors (Lipinski definition) is 1. The molecule has 0 spiro atoms. The van der Waals surface area contributed by atoms with Gasteiger partial charge in [-0.15, -0.1) is 0 Å². The highest BCUT2D eigenvalue weighted by molar-refractivity contribution is 7.89. The number of carbonyl (C=O) groups excluding carboxylic acids is 1. The number of rotatable bonds is 9. The number of anilines is 1. The summed E-state index contributed by atoms with van der Waals surface area (Å²) in [4.78, 5) is 13.8. The number of carbonyl (C=O) groups is 1. The maximum Gasteiger partial charge on any atom is 0.223 e. The van der Waals surface area contributed by atoms with Crippen molar-refractivity contribution in [2.75, 3.05) is 43.4 Å². The van der Waals surface area contributed by atoms with E-state index in [-0.39, 0.29) is 23.4 Å². The standard InChI is InChI=1S/C19H30FN3O3S/c1-3-16(4-2)19(24)21-10-7-15-27(25,26)23-13-11-22(12-14-23)18-9-6-5-8-17(18)20/h5-6,8-9,16H,3-4,7,10-15H2,1-2H3,(H,21,24). The van der Waals surface area contributed by atoms with Gasteiger partial charge in [0, 0.05) is 38.6 Å². The molecule has 0 unspecified atom stereocenters. The Morgan fingerprint density at radius 1 is 1.15 bits per heavy atom. The Morgan fingerprint density at radius 2 is 1.78 bits per heavy atom. The molecule has 1 saturated heterocycles. The Morgan fingerprint density at radius 3 is 2.37 bits per heavy atom. The molecule has 27 heavy (non-hydrogen) atoms. The minimum absolute atomic E-state index is 0.00380. The fourth-order valence-electron chi connectivity index (χ4n) is 3.31. The molecule has 0 saturated carbocycles. The van der Waals surface area contributed by atoms with Gasteiger partial charge in [0.25, 0.3) is 0 Å². The third-order valence-electron chi connectivity index (χ3n) is 5.06. The van der Waals surface area contributed by atoms with Gasteiger partial charge in [-0.3, -0.25) is 4.79 Å². The molecule has 8 heteroatoms. The Bertz CT molecular complexity index is 715. The van der Waals surface area contributed by atoms with Crippen molar-refractivity contribution in [3.05, 3.63) is 30.1 Å². The summed E-state index contributed by atoms with van der Waals surface area (Å²) in [6, 6.07) is 6.54. The van der Waals surface area contributed by atoms with Crippen LogP contribution in [0, 0.1) is 11.7 Å². The van der Waals surface area contributed by atoms with Crippen LogP contribution >= 0.6 is 0 Å². The number of benzene rings is 1. The van der Waals surface area contributed by atoms with Crippen LogP contribution in [0.5, 0.6) is 0 Å². The molecule has 0 aliphatic carbocycles. The van der Waals surface area contributed by atoms with Gasteiger partial charge in [0.1, 0.15) is 5.82 Å². The van der Waals surface area contributed by atoms with Gasteiger partial charge in [-0.1, -0.05) is 26.0 Å². The van der Waals surface area contributed by atoms with Crippen LogP contribution in [0.15, 0.2) is 24.3 Å². The van der Waals surface area contributed by atoms with E-state index >= 15 is 0 Å². The lowest BCUT2D eigenvalue weighted by molar-refractivity contribution is -0.125. The van der Waals surface area contributed by atoms with Crippen LogP contribution in [0.3, 0.4) is 0 Å². The Balaban J connectivity index is 1.78. The van der Waals surface area contributed by atoms with E-state index in [9.17, 15) is 17.6 Å². The van der Waals surface area contributed by atoms with Crippen LogP contribution in [-0.2, 0) is 14.8 Å². The maximum atomic E-state index is 13.9. The number of piperazine rings is 1. The zero-order valence-corrected chi connectivity index (χ0v) is 17.0. The minimum atomic E-state index is -3.37. The summed E-state index contributed by atoms with van der Waals surface area (Å²) in [6.45, 7) is 5.92. The zero-order valence-electron chi connectivity index (χ0n) is 16.2. The lowest BCUT2D eigenvalue weighted by Crippen LogP contribution is -2.49. The van der Waals surface area contributed by atoms with Gasteiger partial charge in [-0.2, -0.15) is 4.31 Å². The largest absolute Gasteiger partial charge is 0.367 e. The van der Waals surface area contributed by atoms with Gasteiger partial charge in [-0.05, 0) is 31.4 Å². The molecule has 0 aromatic heterocycles. The topological polar surface area (TPSA) is 69.7 Å². The van der Waals surface area contributed by atoms with Gasteiger partial charge < -0.3 is 10.2 Å². The highest BCUT2D eigenvalue weighted by Crippen LogP contribution is 2.21. The van der Waals surface area contributed by atoms with E-state index in [1.54, 1.807) is 18.2 Å². The summed E-state index contributed by atoms with van der Waals surface area (Å²) in [6.07, 6.45) is 1.96. The molecule has 1 aromatic rings. The molecule has 1 fully saturated rings. The second-order valence-corrected chi connectivity index (χ2v) is 8.90. The monoisotopic (exact) mass is 399 g/mol. The molecule has 1 amide bonds. The summed E-state index contributed by atoms with van der Waals surface area (Å²) in [7, 11) is -3.37. The smallest absolute Gasteiger partial charge is 0.223 e. The Labute approximate surface area is 161 Å². The molecular weight excluding hydrogens is 369 g/mol. The van der Waals surface area contributed by atoms with Crippen LogP contribution in [-0.4, -0.2) is 57.1 Å². The molecule has 2 rings (SSSR count). The number of para-hydroxylation sites is 1. The summed E-state index contributed by atoms with van der Waals surface area (Å²) >= 11 is 0. The van der Waals surface area contributed by atoms with Crippen LogP contribution < -0.4 is 10.2 Å². The van der Waals surface area contributed by atoms with Crippen molar-refractivity contribution in [1.82, 2.24) is 9.62 Å². The molecule has 1 aliphatic rings. The van der Waals surface area contributed by atoms with Gasteiger partial charge in [0.05, 0.1) is 11.4 Å². The fourth-order valence-corrected chi connectivity index (χ4v) is 4.80. The summed E-state index contributed by atoms with van der Waals surface area (Å²) in [5.41, 5.74) is 0.513. The number of sulfonamides is 1. The van der Waals surface area contributed by atoms with Crippen LogP contribution in [0.2, 0.25) is 0 Å². The van der Waals surface area contributed by atoms with Crippen molar-refractivity contribution in [2.45, 2.75) is 33.1 Å². The van der Waals surface area contributed by atoms with E-state index in [1.165, 1.54) is 10.4 Å². The van der Waals surface area contributed by atoms with Crippen molar-refractivity contribution >= 4 is 21.6 Å². The van der Waals surface area contributed by atoms with E-state index in [0.29, 0.717) is 44.8 Å². The van der Waals surface area contributed by atoms with E-state index in [2.05, 4.69) is 5.32 Å². The lowest BCUT2D eigenvalue weighted by Gasteiger charge is -2.35. The highest BCUT2D eigenvalue weighted by atomic mass is 32.2. The highest BCUT2D eigenvalue weighted by Gasteiger charge is 2.27. The molecule has 152 valence electrons. The summed E-state index contributed by atoms with van der Waals surface area (Å²) in [5, 5.41) is 2.82. The minimum Gasteiger partial charge on any atom is -0.367 e.